The lowest BCUT2D eigenvalue weighted by atomic mass is 10.1. The molecule has 3 heteroatoms. The smallest absolute Gasteiger partial charge is 0.253 e. The number of hydrogen-bond donors (Lipinski definition) is 0. The van der Waals surface area contributed by atoms with Gasteiger partial charge in [0, 0.05) is 0 Å². The van der Waals surface area contributed by atoms with Crippen LogP contribution < -0.4 is 4.90 Å². The van der Waals surface area contributed by atoms with Gasteiger partial charge in [-0.3, -0.25) is 4.58 Å². The summed E-state index contributed by atoms with van der Waals surface area (Å²) in [5, 5.41) is 0. The van der Waals surface area contributed by atoms with Crippen molar-refractivity contribution in [2.45, 2.75) is 71.1 Å². The van der Waals surface area contributed by atoms with Gasteiger partial charge in [-0.1, -0.05) is 76.5 Å². The fourth-order valence-electron chi connectivity index (χ4n) is 3.41. The zero-order chi connectivity index (χ0) is 17.0. The molecule has 24 heavy (non-hydrogen) atoms. The predicted octanol–water partition coefficient (Wildman–Crippen LogP) is 6.23. The summed E-state index contributed by atoms with van der Waals surface area (Å²) in [7, 11) is 0. The number of benzene rings is 1. The highest BCUT2D eigenvalue weighted by Gasteiger charge is 2.29. The van der Waals surface area contributed by atoms with Crippen molar-refractivity contribution in [1.29, 1.82) is 0 Å². The summed E-state index contributed by atoms with van der Waals surface area (Å²) in [5.41, 5.74) is 1.33. The predicted molar refractivity (Wildman–Crippen MR) is 115 cm³/mol. The van der Waals surface area contributed by atoms with Crippen molar-refractivity contribution in [3.8, 4) is 0 Å². The molecule has 0 saturated carbocycles. The molecular formula is C21H34IN2+. The molecule has 0 spiro atoms. The Morgan fingerprint density at radius 3 is 2.08 bits per heavy atom. The fourth-order valence-corrected chi connectivity index (χ4v) is 4.42. The van der Waals surface area contributed by atoms with Gasteiger partial charge in [-0.25, -0.2) is 4.90 Å². The van der Waals surface area contributed by atoms with Crippen molar-refractivity contribution in [2.75, 3.05) is 24.5 Å². The molecule has 0 amide bonds. The van der Waals surface area contributed by atoms with Gasteiger partial charge >= 0.3 is 3.84 Å². The number of anilines is 1. The average molecular weight is 441 g/mol. The molecule has 2 rings (SSSR count). The molecule has 134 valence electrons. The first-order chi connectivity index (χ1) is 11.8. The molecule has 0 radical (unpaired) electrons. The van der Waals surface area contributed by atoms with Crippen LogP contribution in [0.4, 0.5) is 5.69 Å². The van der Waals surface area contributed by atoms with E-state index in [0.29, 0.717) is 0 Å². The van der Waals surface area contributed by atoms with E-state index in [-0.39, 0.29) is 0 Å². The lowest BCUT2D eigenvalue weighted by molar-refractivity contribution is -0.515. The Balaban J connectivity index is 1.57. The third-order valence-corrected chi connectivity index (χ3v) is 6.19. The number of halogens is 1. The number of unbranched alkanes of at least 4 members (excludes halogenated alkanes) is 9. The van der Waals surface area contributed by atoms with Crippen LogP contribution in [0.5, 0.6) is 0 Å². The molecule has 0 unspecified atom stereocenters. The number of rotatable bonds is 12. The minimum atomic E-state index is 1.13. The standard InChI is InChI=1S/C21H34IN2/c1-2-3-4-5-6-7-8-9-10-14-17-23-18-19-24(21(23)22)20-15-12-11-13-16-20/h11-13,15-16H,2-10,14,17-19H2,1H3/q+1. The lowest BCUT2D eigenvalue weighted by Crippen LogP contribution is -2.24. The van der Waals surface area contributed by atoms with Crippen molar-refractivity contribution < 1.29 is 4.58 Å². The maximum atomic E-state index is 2.55. The van der Waals surface area contributed by atoms with E-state index in [2.05, 4.69) is 69.3 Å². The summed E-state index contributed by atoms with van der Waals surface area (Å²) in [6.45, 7) is 5.81. The van der Waals surface area contributed by atoms with Crippen molar-refractivity contribution in [3.05, 3.63) is 30.3 Å². The van der Waals surface area contributed by atoms with Crippen LogP contribution in [0.1, 0.15) is 71.1 Å². The normalized spacial score (nSPS) is 14.7. The Labute approximate surface area is 162 Å². The van der Waals surface area contributed by atoms with Gasteiger partial charge in [0.2, 0.25) is 0 Å². The molecule has 1 aromatic carbocycles. The summed E-state index contributed by atoms with van der Waals surface area (Å²) < 4.78 is 3.95. The molecule has 1 heterocycles. The lowest BCUT2D eigenvalue weighted by Gasteiger charge is -2.08. The molecule has 2 nitrogen and oxygen atoms in total. The molecule has 1 aromatic rings. The molecule has 0 fully saturated rings. The van der Waals surface area contributed by atoms with E-state index >= 15 is 0 Å². The van der Waals surface area contributed by atoms with Gasteiger partial charge in [0.25, 0.3) is 0 Å². The number of hydrogen-bond acceptors (Lipinski definition) is 1. The summed E-state index contributed by atoms with van der Waals surface area (Å²) in [5.74, 6) is 0. The maximum Gasteiger partial charge on any atom is 0.313 e. The molecule has 0 saturated heterocycles. The molecule has 0 bridgehead atoms. The minimum absolute atomic E-state index is 1.13. The average Bonchev–Trinajstić information content (AvgIpc) is 2.98. The van der Waals surface area contributed by atoms with E-state index in [0.717, 1.165) is 6.54 Å². The van der Waals surface area contributed by atoms with Gasteiger partial charge < -0.3 is 0 Å². The van der Waals surface area contributed by atoms with Gasteiger partial charge in [0.1, 0.15) is 18.8 Å². The third kappa shape index (κ3) is 6.73. The Morgan fingerprint density at radius 2 is 1.46 bits per heavy atom. The highest BCUT2D eigenvalue weighted by molar-refractivity contribution is 14.1. The molecule has 1 aliphatic rings. The molecule has 1 aliphatic heterocycles. The van der Waals surface area contributed by atoms with E-state index in [9.17, 15) is 0 Å². The van der Waals surface area contributed by atoms with E-state index in [1.165, 1.54) is 86.8 Å². The molecule has 0 atom stereocenters. The zero-order valence-corrected chi connectivity index (χ0v) is 17.5. The second kappa shape index (κ2) is 11.9. The molecule has 0 aliphatic carbocycles. The Bertz CT molecular complexity index is 484. The van der Waals surface area contributed by atoms with Gasteiger partial charge in [-0.2, -0.15) is 0 Å². The summed E-state index contributed by atoms with van der Waals surface area (Å²) in [4.78, 5) is 2.44. The summed E-state index contributed by atoms with van der Waals surface area (Å²) >= 11 is 2.52. The fraction of sp³-hybridized carbons (Fsp3) is 0.667. The second-order valence-corrected chi connectivity index (χ2v) is 7.89. The van der Waals surface area contributed by atoms with Crippen molar-refractivity contribution in [1.82, 2.24) is 0 Å². The topological polar surface area (TPSA) is 6.25 Å². The van der Waals surface area contributed by atoms with Gasteiger partial charge in [-0.15, -0.1) is 0 Å². The number of nitrogens with zero attached hydrogens (tertiary/aromatic N) is 2. The second-order valence-electron chi connectivity index (χ2n) is 6.93. The zero-order valence-electron chi connectivity index (χ0n) is 15.4. The molecule has 0 N–H and O–H groups in total. The van der Waals surface area contributed by atoms with Crippen molar-refractivity contribution in [3.63, 3.8) is 0 Å². The summed E-state index contributed by atoms with van der Waals surface area (Å²) in [6.07, 6.45) is 14.1. The largest absolute Gasteiger partial charge is 0.313 e. The van der Waals surface area contributed by atoms with Gasteiger partial charge in [0.15, 0.2) is 0 Å². The Hall–Kier alpha value is -0.580. The van der Waals surface area contributed by atoms with E-state index in [4.69, 9.17) is 0 Å². The molecular weight excluding hydrogens is 407 g/mol. The van der Waals surface area contributed by atoms with Crippen LogP contribution >= 0.6 is 22.6 Å². The monoisotopic (exact) mass is 441 g/mol. The van der Waals surface area contributed by atoms with Crippen LogP contribution in [0.2, 0.25) is 0 Å². The first-order valence-electron chi connectivity index (χ1n) is 9.93. The third-order valence-electron chi connectivity index (χ3n) is 4.93. The van der Waals surface area contributed by atoms with E-state index in [1.54, 1.807) is 0 Å². The van der Waals surface area contributed by atoms with E-state index < -0.39 is 0 Å². The Kier molecular flexibility index (Phi) is 9.78. The van der Waals surface area contributed by atoms with Crippen LogP contribution in [0.25, 0.3) is 0 Å². The van der Waals surface area contributed by atoms with Crippen molar-refractivity contribution >= 4 is 32.1 Å². The highest BCUT2D eigenvalue weighted by atomic mass is 127. The van der Waals surface area contributed by atoms with Crippen LogP contribution in [-0.4, -0.2) is 28.1 Å². The van der Waals surface area contributed by atoms with Gasteiger partial charge in [-0.05, 0) is 25.0 Å². The SMILES string of the molecule is CCCCCCCCCCCC[N+]1=C(I)N(c2ccccc2)CC1. The molecule has 0 aromatic heterocycles. The van der Waals surface area contributed by atoms with Crippen LogP contribution in [0, 0.1) is 0 Å². The van der Waals surface area contributed by atoms with Gasteiger partial charge in [0.05, 0.1) is 29.1 Å². The van der Waals surface area contributed by atoms with E-state index in [1.807, 2.05) is 0 Å². The van der Waals surface area contributed by atoms with Crippen molar-refractivity contribution in [2.24, 2.45) is 0 Å². The first kappa shape index (κ1) is 19.7. The maximum absolute atomic E-state index is 2.55. The van der Waals surface area contributed by atoms with Crippen LogP contribution in [-0.2, 0) is 0 Å². The quantitative estimate of drug-likeness (QED) is 0.161. The van der Waals surface area contributed by atoms with Crippen LogP contribution in [0.15, 0.2) is 30.3 Å². The summed E-state index contributed by atoms with van der Waals surface area (Å²) in [6, 6.07) is 10.8. The number of amidine groups is 1. The highest BCUT2D eigenvalue weighted by Crippen LogP contribution is 2.20. The van der Waals surface area contributed by atoms with Crippen LogP contribution in [0.3, 0.4) is 0 Å². The first-order valence-corrected chi connectivity index (χ1v) is 11.0. The minimum Gasteiger partial charge on any atom is -0.253 e. The Morgan fingerprint density at radius 1 is 0.875 bits per heavy atom. The number of para-hydroxylation sites is 1.